The van der Waals surface area contributed by atoms with Crippen molar-refractivity contribution in [1.82, 2.24) is 9.55 Å². The Bertz CT molecular complexity index is 829. The Morgan fingerprint density at radius 1 is 1.29 bits per heavy atom. The SMILES string of the molecule is CC(O)c1nc2cc(N)ccc2n1-c1ccc(F)cc1Cl. The first-order chi connectivity index (χ1) is 9.97. The molecule has 6 heteroatoms. The van der Waals surface area contributed by atoms with E-state index in [1.54, 1.807) is 35.8 Å². The van der Waals surface area contributed by atoms with E-state index in [9.17, 15) is 9.50 Å². The lowest BCUT2D eigenvalue weighted by Gasteiger charge is -2.12. The Morgan fingerprint density at radius 2 is 2.05 bits per heavy atom. The minimum atomic E-state index is -0.806. The van der Waals surface area contributed by atoms with Crippen molar-refractivity contribution in [1.29, 1.82) is 0 Å². The van der Waals surface area contributed by atoms with Crippen LogP contribution in [0.15, 0.2) is 36.4 Å². The molecule has 0 aliphatic rings. The van der Waals surface area contributed by atoms with Gasteiger partial charge in [-0.1, -0.05) is 11.6 Å². The molecule has 3 aromatic rings. The number of hydrogen-bond donors (Lipinski definition) is 2. The highest BCUT2D eigenvalue weighted by molar-refractivity contribution is 6.32. The third-order valence-corrected chi connectivity index (χ3v) is 3.53. The number of halogens is 2. The van der Waals surface area contributed by atoms with E-state index < -0.39 is 11.9 Å². The van der Waals surface area contributed by atoms with Crippen LogP contribution in [0.1, 0.15) is 18.9 Å². The van der Waals surface area contributed by atoms with E-state index in [0.717, 1.165) is 5.52 Å². The highest BCUT2D eigenvalue weighted by Crippen LogP contribution is 2.30. The van der Waals surface area contributed by atoms with E-state index >= 15 is 0 Å². The number of rotatable bonds is 2. The number of aliphatic hydroxyl groups excluding tert-OH is 1. The number of benzene rings is 2. The summed E-state index contributed by atoms with van der Waals surface area (Å²) < 4.78 is 14.9. The van der Waals surface area contributed by atoms with Crippen molar-refractivity contribution in [3.05, 3.63) is 53.1 Å². The summed E-state index contributed by atoms with van der Waals surface area (Å²) in [5.74, 6) is 0.000111. The molecule has 21 heavy (non-hydrogen) atoms. The van der Waals surface area contributed by atoms with Crippen molar-refractivity contribution in [2.75, 3.05) is 5.73 Å². The van der Waals surface area contributed by atoms with Crippen LogP contribution in [0.3, 0.4) is 0 Å². The molecule has 0 aliphatic carbocycles. The number of aromatic nitrogens is 2. The Hall–Kier alpha value is -2.11. The van der Waals surface area contributed by atoms with Gasteiger partial charge in [-0.3, -0.25) is 4.57 Å². The average molecular weight is 306 g/mol. The van der Waals surface area contributed by atoms with Crippen molar-refractivity contribution >= 4 is 28.3 Å². The summed E-state index contributed by atoms with van der Waals surface area (Å²) >= 11 is 6.13. The van der Waals surface area contributed by atoms with Crippen LogP contribution < -0.4 is 5.73 Å². The maximum absolute atomic E-state index is 13.2. The standard InChI is InChI=1S/C15H13ClFN3O/c1-8(21)15-19-12-7-10(18)3-5-14(12)20(15)13-4-2-9(17)6-11(13)16/h2-8,21H,18H2,1H3. The molecule has 0 saturated carbocycles. The Labute approximate surface area is 125 Å². The van der Waals surface area contributed by atoms with Crippen LogP contribution in [0.4, 0.5) is 10.1 Å². The molecular formula is C15H13ClFN3O. The van der Waals surface area contributed by atoms with Gasteiger partial charge in [0, 0.05) is 5.69 Å². The molecule has 0 saturated heterocycles. The van der Waals surface area contributed by atoms with Gasteiger partial charge >= 0.3 is 0 Å². The minimum absolute atomic E-state index is 0.244. The number of fused-ring (bicyclic) bond motifs is 1. The fourth-order valence-corrected chi connectivity index (χ4v) is 2.56. The highest BCUT2D eigenvalue weighted by Gasteiger charge is 2.18. The van der Waals surface area contributed by atoms with E-state index in [2.05, 4.69) is 4.98 Å². The van der Waals surface area contributed by atoms with E-state index in [1.165, 1.54) is 12.1 Å². The third kappa shape index (κ3) is 2.34. The van der Waals surface area contributed by atoms with Crippen molar-refractivity contribution < 1.29 is 9.50 Å². The molecule has 0 amide bonds. The number of nitrogen functional groups attached to an aromatic ring is 1. The topological polar surface area (TPSA) is 64.1 Å². The van der Waals surface area contributed by atoms with Crippen LogP contribution in [0, 0.1) is 5.82 Å². The lowest BCUT2D eigenvalue weighted by Crippen LogP contribution is -2.05. The second-order valence-corrected chi connectivity index (χ2v) is 5.23. The summed E-state index contributed by atoms with van der Waals surface area (Å²) in [5, 5.41) is 10.2. The van der Waals surface area contributed by atoms with Gasteiger partial charge in [-0.05, 0) is 43.3 Å². The first-order valence-corrected chi connectivity index (χ1v) is 6.76. The summed E-state index contributed by atoms with van der Waals surface area (Å²) in [6, 6.07) is 9.35. The third-order valence-electron chi connectivity index (χ3n) is 3.23. The van der Waals surface area contributed by atoms with Crippen LogP contribution in [-0.4, -0.2) is 14.7 Å². The number of imidazole rings is 1. The van der Waals surface area contributed by atoms with E-state index in [0.29, 0.717) is 22.7 Å². The van der Waals surface area contributed by atoms with Gasteiger partial charge in [0.05, 0.1) is 21.7 Å². The second-order valence-electron chi connectivity index (χ2n) is 4.83. The summed E-state index contributed by atoms with van der Waals surface area (Å²) in [6.07, 6.45) is -0.806. The molecule has 108 valence electrons. The number of anilines is 1. The fourth-order valence-electron chi connectivity index (χ4n) is 2.31. The van der Waals surface area contributed by atoms with Gasteiger partial charge in [0.25, 0.3) is 0 Å². The molecule has 0 spiro atoms. The van der Waals surface area contributed by atoms with Crippen LogP contribution >= 0.6 is 11.6 Å². The monoisotopic (exact) mass is 305 g/mol. The Kier molecular flexibility index (Phi) is 3.31. The van der Waals surface area contributed by atoms with Crippen molar-refractivity contribution in [2.24, 2.45) is 0 Å². The molecular weight excluding hydrogens is 293 g/mol. The molecule has 1 unspecified atom stereocenters. The molecule has 0 fully saturated rings. The minimum Gasteiger partial charge on any atom is -0.399 e. The molecule has 3 rings (SSSR count). The average Bonchev–Trinajstić information content (AvgIpc) is 2.77. The number of nitrogens with zero attached hydrogens (tertiary/aromatic N) is 2. The second kappa shape index (κ2) is 5.02. The van der Waals surface area contributed by atoms with Crippen LogP contribution in [0.25, 0.3) is 16.7 Å². The van der Waals surface area contributed by atoms with Gasteiger partial charge in [0.15, 0.2) is 0 Å². The molecule has 2 aromatic carbocycles. The van der Waals surface area contributed by atoms with Gasteiger partial charge < -0.3 is 10.8 Å². The molecule has 3 N–H and O–H groups in total. The summed E-state index contributed by atoms with van der Waals surface area (Å²) in [6.45, 7) is 1.61. The zero-order valence-electron chi connectivity index (χ0n) is 11.2. The zero-order chi connectivity index (χ0) is 15.1. The Balaban J connectivity index is 2.36. The van der Waals surface area contributed by atoms with E-state index in [-0.39, 0.29) is 5.02 Å². The molecule has 0 bridgehead atoms. The normalized spacial score (nSPS) is 12.8. The molecule has 1 aromatic heterocycles. The van der Waals surface area contributed by atoms with Crippen molar-refractivity contribution in [3.8, 4) is 5.69 Å². The predicted octanol–water partition coefficient (Wildman–Crippen LogP) is 3.45. The molecule has 4 nitrogen and oxygen atoms in total. The van der Waals surface area contributed by atoms with Gasteiger partial charge in [-0.25, -0.2) is 9.37 Å². The fraction of sp³-hybridized carbons (Fsp3) is 0.133. The summed E-state index contributed by atoms with van der Waals surface area (Å²) in [7, 11) is 0. The zero-order valence-corrected chi connectivity index (χ0v) is 12.0. The molecule has 0 aliphatic heterocycles. The molecule has 1 atom stereocenters. The smallest absolute Gasteiger partial charge is 0.143 e. The van der Waals surface area contributed by atoms with Crippen LogP contribution in [-0.2, 0) is 0 Å². The van der Waals surface area contributed by atoms with Crippen molar-refractivity contribution in [3.63, 3.8) is 0 Å². The quantitative estimate of drug-likeness (QED) is 0.713. The number of hydrogen-bond acceptors (Lipinski definition) is 3. The first-order valence-electron chi connectivity index (χ1n) is 6.38. The maximum atomic E-state index is 13.2. The van der Waals surface area contributed by atoms with E-state index in [4.69, 9.17) is 17.3 Å². The molecule has 0 radical (unpaired) electrons. The molecule has 1 heterocycles. The first kappa shape index (κ1) is 13.9. The van der Waals surface area contributed by atoms with E-state index in [1.807, 2.05) is 0 Å². The predicted molar refractivity (Wildman–Crippen MR) is 81.1 cm³/mol. The van der Waals surface area contributed by atoms with Crippen molar-refractivity contribution in [2.45, 2.75) is 13.0 Å². The van der Waals surface area contributed by atoms with Gasteiger partial charge in [0.1, 0.15) is 17.7 Å². The van der Waals surface area contributed by atoms with Gasteiger partial charge in [-0.15, -0.1) is 0 Å². The van der Waals surface area contributed by atoms with Crippen LogP contribution in [0.5, 0.6) is 0 Å². The largest absolute Gasteiger partial charge is 0.399 e. The lowest BCUT2D eigenvalue weighted by atomic mass is 10.2. The number of nitrogens with two attached hydrogens (primary N) is 1. The lowest BCUT2D eigenvalue weighted by molar-refractivity contribution is 0.187. The number of aliphatic hydroxyl groups is 1. The maximum Gasteiger partial charge on any atom is 0.143 e. The van der Waals surface area contributed by atoms with Crippen LogP contribution in [0.2, 0.25) is 5.02 Å². The summed E-state index contributed by atoms with van der Waals surface area (Å²) in [5.41, 5.74) is 8.28. The highest BCUT2D eigenvalue weighted by atomic mass is 35.5. The Morgan fingerprint density at radius 3 is 2.71 bits per heavy atom. The van der Waals surface area contributed by atoms with Gasteiger partial charge in [-0.2, -0.15) is 0 Å². The van der Waals surface area contributed by atoms with Gasteiger partial charge in [0.2, 0.25) is 0 Å². The summed E-state index contributed by atoms with van der Waals surface area (Å²) in [4.78, 5) is 4.39.